The molecule has 17 heavy (non-hydrogen) atoms. The summed E-state index contributed by atoms with van der Waals surface area (Å²) in [4.78, 5) is 21.8. The maximum atomic E-state index is 11.6. The predicted octanol–water partition coefficient (Wildman–Crippen LogP) is 2.08. The van der Waals surface area contributed by atoms with E-state index in [1.54, 1.807) is 32.9 Å². The lowest BCUT2D eigenvalue weighted by atomic mass is 9.96. The van der Waals surface area contributed by atoms with Crippen LogP contribution in [-0.4, -0.2) is 10.8 Å². The van der Waals surface area contributed by atoms with Crippen LogP contribution >= 0.6 is 0 Å². The van der Waals surface area contributed by atoms with Gasteiger partial charge in [-0.05, 0) is 6.07 Å². The van der Waals surface area contributed by atoms with Gasteiger partial charge in [-0.15, -0.1) is 0 Å². The number of hydrogen-bond acceptors (Lipinski definition) is 4. The molecule has 1 aromatic rings. The molecule has 0 spiro atoms. The SMILES string of the molecule is CC(C)(C)C(=O)NNc1ccccc1[N+](=O)[O-]. The Balaban J connectivity index is 2.77. The molecular weight excluding hydrogens is 222 g/mol. The van der Waals surface area contributed by atoms with Crippen LogP contribution in [-0.2, 0) is 4.79 Å². The van der Waals surface area contributed by atoms with Gasteiger partial charge in [-0.25, -0.2) is 0 Å². The van der Waals surface area contributed by atoms with Crippen molar-refractivity contribution < 1.29 is 9.72 Å². The van der Waals surface area contributed by atoms with E-state index < -0.39 is 10.3 Å². The molecule has 0 aliphatic heterocycles. The summed E-state index contributed by atoms with van der Waals surface area (Å²) in [6.07, 6.45) is 0. The second-order valence-corrected chi connectivity index (χ2v) is 4.60. The van der Waals surface area contributed by atoms with Crippen molar-refractivity contribution in [3.8, 4) is 0 Å². The fourth-order valence-corrected chi connectivity index (χ4v) is 1.05. The number of amides is 1. The fraction of sp³-hybridized carbons (Fsp3) is 0.364. The smallest absolute Gasteiger partial charge is 0.292 e. The molecule has 0 saturated heterocycles. The van der Waals surface area contributed by atoms with Crippen molar-refractivity contribution in [1.82, 2.24) is 5.43 Å². The van der Waals surface area contributed by atoms with Crippen LogP contribution in [0, 0.1) is 15.5 Å². The van der Waals surface area contributed by atoms with E-state index in [1.165, 1.54) is 12.1 Å². The van der Waals surface area contributed by atoms with Gasteiger partial charge in [0.2, 0.25) is 5.91 Å². The molecule has 2 N–H and O–H groups in total. The molecule has 0 aliphatic rings. The summed E-state index contributed by atoms with van der Waals surface area (Å²) in [6.45, 7) is 5.26. The van der Waals surface area contributed by atoms with Crippen molar-refractivity contribution in [3.05, 3.63) is 34.4 Å². The number of hydrogen-bond donors (Lipinski definition) is 2. The van der Waals surface area contributed by atoms with Crippen LogP contribution in [0.1, 0.15) is 20.8 Å². The molecule has 1 aromatic carbocycles. The number of nitro groups is 1. The van der Waals surface area contributed by atoms with Gasteiger partial charge in [0.25, 0.3) is 5.69 Å². The Hall–Kier alpha value is -2.11. The van der Waals surface area contributed by atoms with E-state index in [1.807, 2.05) is 0 Å². The average Bonchev–Trinajstić information content (AvgIpc) is 2.24. The van der Waals surface area contributed by atoms with Gasteiger partial charge >= 0.3 is 0 Å². The van der Waals surface area contributed by atoms with Crippen LogP contribution in [0.2, 0.25) is 0 Å². The van der Waals surface area contributed by atoms with Crippen molar-refractivity contribution in [2.24, 2.45) is 5.41 Å². The number of nitrogens with zero attached hydrogens (tertiary/aromatic N) is 1. The lowest BCUT2D eigenvalue weighted by molar-refractivity contribution is -0.384. The number of nitro benzene ring substituents is 1. The molecule has 0 aliphatic carbocycles. The normalized spacial score (nSPS) is 10.8. The molecule has 0 bridgehead atoms. The third-order valence-electron chi connectivity index (χ3n) is 2.09. The summed E-state index contributed by atoms with van der Waals surface area (Å²) in [5, 5.41) is 10.7. The minimum absolute atomic E-state index is 0.0818. The summed E-state index contributed by atoms with van der Waals surface area (Å²) < 4.78 is 0. The lowest BCUT2D eigenvalue weighted by Gasteiger charge is -2.18. The Kier molecular flexibility index (Phi) is 3.67. The molecule has 0 heterocycles. The number of anilines is 1. The quantitative estimate of drug-likeness (QED) is 0.622. The highest BCUT2D eigenvalue weighted by molar-refractivity contribution is 5.83. The van der Waals surface area contributed by atoms with Gasteiger partial charge in [0.15, 0.2) is 0 Å². The number of nitrogens with one attached hydrogen (secondary N) is 2. The third-order valence-corrected chi connectivity index (χ3v) is 2.09. The molecule has 0 aromatic heterocycles. The second kappa shape index (κ2) is 4.82. The van der Waals surface area contributed by atoms with Gasteiger partial charge in [-0.1, -0.05) is 32.9 Å². The molecule has 0 unspecified atom stereocenters. The van der Waals surface area contributed by atoms with Crippen molar-refractivity contribution >= 4 is 17.3 Å². The number of benzene rings is 1. The zero-order valence-corrected chi connectivity index (χ0v) is 9.98. The Morgan fingerprint density at radius 3 is 2.41 bits per heavy atom. The van der Waals surface area contributed by atoms with E-state index in [2.05, 4.69) is 10.9 Å². The van der Waals surface area contributed by atoms with Crippen molar-refractivity contribution in [2.75, 3.05) is 5.43 Å². The van der Waals surface area contributed by atoms with E-state index in [0.29, 0.717) is 0 Å². The predicted molar refractivity (Wildman–Crippen MR) is 64.3 cm³/mol. The van der Waals surface area contributed by atoms with Crippen LogP contribution in [0.25, 0.3) is 0 Å². The highest BCUT2D eigenvalue weighted by Gasteiger charge is 2.21. The van der Waals surface area contributed by atoms with E-state index >= 15 is 0 Å². The summed E-state index contributed by atoms with van der Waals surface area (Å²) in [6, 6.07) is 6.11. The topological polar surface area (TPSA) is 84.3 Å². The largest absolute Gasteiger partial charge is 0.294 e. The van der Waals surface area contributed by atoms with Gasteiger partial charge in [0, 0.05) is 11.5 Å². The first-order valence-corrected chi connectivity index (χ1v) is 5.12. The highest BCUT2D eigenvalue weighted by Crippen LogP contribution is 2.22. The number of hydrazine groups is 1. The number of carbonyl (C=O) groups excluding carboxylic acids is 1. The first kappa shape index (κ1) is 13.0. The van der Waals surface area contributed by atoms with E-state index in [9.17, 15) is 14.9 Å². The zero-order valence-electron chi connectivity index (χ0n) is 9.98. The monoisotopic (exact) mass is 237 g/mol. The first-order valence-electron chi connectivity index (χ1n) is 5.12. The van der Waals surface area contributed by atoms with Crippen molar-refractivity contribution in [2.45, 2.75) is 20.8 Å². The maximum absolute atomic E-state index is 11.6. The van der Waals surface area contributed by atoms with Crippen LogP contribution in [0.15, 0.2) is 24.3 Å². The summed E-state index contributed by atoms with van der Waals surface area (Å²) in [5.74, 6) is -0.240. The molecule has 0 saturated carbocycles. The summed E-state index contributed by atoms with van der Waals surface area (Å²) in [5.41, 5.74) is 4.62. The Bertz CT molecular complexity index is 438. The number of carbonyl (C=O) groups is 1. The standard InChI is InChI=1S/C11H15N3O3/c1-11(2,3)10(15)13-12-8-6-4-5-7-9(8)14(16)17/h4-7,12H,1-3H3,(H,13,15). The molecule has 0 radical (unpaired) electrons. The Morgan fingerprint density at radius 2 is 1.88 bits per heavy atom. The van der Waals surface area contributed by atoms with Crippen LogP contribution < -0.4 is 10.9 Å². The van der Waals surface area contributed by atoms with Gasteiger partial charge in [-0.2, -0.15) is 0 Å². The summed E-state index contributed by atoms with van der Waals surface area (Å²) >= 11 is 0. The van der Waals surface area contributed by atoms with Gasteiger partial charge in [-0.3, -0.25) is 25.8 Å². The first-order chi connectivity index (χ1) is 7.82. The van der Waals surface area contributed by atoms with E-state index in [-0.39, 0.29) is 17.3 Å². The molecule has 6 heteroatoms. The van der Waals surface area contributed by atoms with Crippen molar-refractivity contribution in [1.29, 1.82) is 0 Å². The molecule has 1 rings (SSSR count). The van der Waals surface area contributed by atoms with Gasteiger partial charge < -0.3 is 0 Å². The third kappa shape index (κ3) is 3.44. The second-order valence-electron chi connectivity index (χ2n) is 4.60. The summed E-state index contributed by atoms with van der Waals surface area (Å²) in [7, 11) is 0. The molecule has 6 nitrogen and oxygen atoms in total. The number of para-hydroxylation sites is 2. The molecule has 0 fully saturated rings. The van der Waals surface area contributed by atoms with Crippen LogP contribution in [0.4, 0.5) is 11.4 Å². The minimum atomic E-state index is -0.559. The van der Waals surface area contributed by atoms with Gasteiger partial charge in [0.05, 0.1) is 4.92 Å². The molecule has 0 atom stereocenters. The fourth-order valence-electron chi connectivity index (χ4n) is 1.05. The van der Waals surface area contributed by atoms with Crippen LogP contribution in [0.3, 0.4) is 0 Å². The average molecular weight is 237 g/mol. The maximum Gasteiger partial charge on any atom is 0.294 e. The van der Waals surface area contributed by atoms with Gasteiger partial charge in [0.1, 0.15) is 5.69 Å². The Morgan fingerprint density at radius 1 is 1.29 bits per heavy atom. The highest BCUT2D eigenvalue weighted by atomic mass is 16.6. The van der Waals surface area contributed by atoms with Crippen LogP contribution in [0.5, 0.6) is 0 Å². The van der Waals surface area contributed by atoms with Crippen molar-refractivity contribution in [3.63, 3.8) is 0 Å². The lowest BCUT2D eigenvalue weighted by Crippen LogP contribution is -2.38. The molecule has 92 valence electrons. The number of rotatable bonds is 3. The molecule has 1 amide bonds. The van der Waals surface area contributed by atoms with E-state index in [4.69, 9.17) is 0 Å². The molecular formula is C11H15N3O3. The zero-order chi connectivity index (χ0) is 13.1. The van der Waals surface area contributed by atoms with E-state index in [0.717, 1.165) is 0 Å². The Labute approximate surface area is 99.1 Å². The minimum Gasteiger partial charge on any atom is -0.292 e.